The Morgan fingerprint density at radius 1 is 1.12 bits per heavy atom. The van der Waals surface area contributed by atoms with Gasteiger partial charge in [-0.3, -0.25) is 14.1 Å². The van der Waals surface area contributed by atoms with Crippen LogP contribution in [-0.4, -0.2) is 27.9 Å². The first-order valence-corrected chi connectivity index (χ1v) is 8.93. The van der Waals surface area contributed by atoms with Gasteiger partial charge in [-0.1, -0.05) is 25.1 Å². The molecule has 0 aliphatic carbocycles. The fourth-order valence-electron chi connectivity index (χ4n) is 3.09. The molecular weight excluding hydrogens is 326 g/mol. The number of hydrogen-bond donors (Lipinski definition) is 0. The van der Waals surface area contributed by atoms with Crippen LogP contribution in [0, 0.1) is 6.92 Å². The summed E-state index contributed by atoms with van der Waals surface area (Å²) >= 11 is 0. The molecule has 26 heavy (non-hydrogen) atoms. The number of aromatic nitrogens is 2. The fourth-order valence-corrected chi connectivity index (χ4v) is 3.09. The zero-order chi connectivity index (χ0) is 18.5. The molecule has 0 aliphatic rings. The lowest BCUT2D eigenvalue weighted by Crippen LogP contribution is -2.26. The lowest BCUT2D eigenvalue weighted by Gasteiger charge is -2.21. The first-order valence-electron chi connectivity index (χ1n) is 8.93. The average Bonchev–Trinajstić information content (AvgIpc) is 2.63. The van der Waals surface area contributed by atoms with Crippen molar-refractivity contribution in [2.24, 2.45) is 0 Å². The summed E-state index contributed by atoms with van der Waals surface area (Å²) in [6, 6.07) is 13.6. The van der Waals surface area contributed by atoms with E-state index in [4.69, 9.17) is 4.74 Å². The molecule has 3 rings (SSSR count). The number of methoxy groups -OCH3 is 1. The van der Waals surface area contributed by atoms with E-state index in [1.807, 2.05) is 37.4 Å². The van der Waals surface area contributed by atoms with E-state index in [1.54, 1.807) is 17.6 Å². The molecule has 2 heterocycles. The van der Waals surface area contributed by atoms with Crippen LogP contribution in [-0.2, 0) is 13.1 Å². The Bertz CT molecular complexity index is 932. The monoisotopic (exact) mass is 351 g/mol. The zero-order valence-electron chi connectivity index (χ0n) is 15.6. The summed E-state index contributed by atoms with van der Waals surface area (Å²) in [4.78, 5) is 19.4. The maximum atomic E-state index is 12.4. The van der Waals surface area contributed by atoms with Crippen LogP contribution in [0.5, 0.6) is 5.75 Å². The lowest BCUT2D eigenvalue weighted by molar-refractivity contribution is 0.254. The van der Waals surface area contributed by atoms with E-state index in [0.717, 1.165) is 36.5 Å². The summed E-state index contributed by atoms with van der Waals surface area (Å²) in [5.74, 6) is 0.857. The van der Waals surface area contributed by atoms with Crippen molar-refractivity contribution in [2.75, 3.05) is 13.7 Å². The highest BCUT2D eigenvalue weighted by atomic mass is 16.5. The van der Waals surface area contributed by atoms with Crippen LogP contribution in [0.3, 0.4) is 0 Å². The van der Waals surface area contributed by atoms with Crippen LogP contribution < -0.4 is 10.3 Å². The summed E-state index contributed by atoms with van der Waals surface area (Å²) in [5.41, 5.74) is 3.73. The molecule has 0 bridgehead atoms. The van der Waals surface area contributed by atoms with Crippen molar-refractivity contribution in [3.8, 4) is 5.75 Å². The predicted octanol–water partition coefficient (Wildman–Crippen LogP) is 3.42. The SMILES string of the molecule is CCCN(Cc1ccc(OC)cc1)Cc1cc(=O)n2cc(C)ccc2n1. The third-order valence-corrected chi connectivity index (χ3v) is 4.35. The molecule has 0 saturated heterocycles. The van der Waals surface area contributed by atoms with Crippen molar-refractivity contribution >= 4 is 5.65 Å². The number of rotatable bonds is 7. The fraction of sp³-hybridized carbons (Fsp3) is 0.333. The molecule has 0 spiro atoms. The maximum absolute atomic E-state index is 12.4. The minimum Gasteiger partial charge on any atom is -0.497 e. The van der Waals surface area contributed by atoms with Crippen LogP contribution in [0.25, 0.3) is 5.65 Å². The molecule has 1 aromatic carbocycles. The summed E-state index contributed by atoms with van der Waals surface area (Å²) < 4.78 is 6.82. The molecule has 136 valence electrons. The molecule has 0 N–H and O–H groups in total. The van der Waals surface area contributed by atoms with Gasteiger partial charge in [-0.05, 0) is 49.2 Å². The smallest absolute Gasteiger partial charge is 0.258 e. The number of nitrogens with zero attached hydrogens (tertiary/aromatic N) is 3. The minimum atomic E-state index is -0.0328. The van der Waals surface area contributed by atoms with E-state index < -0.39 is 0 Å². The largest absolute Gasteiger partial charge is 0.497 e. The Hall–Kier alpha value is -2.66. The lowest BCUT2D eigenvalue weighted by atomic mass is 10.2. The van der Waals surface area contributed by atoms with Crippen LogP contribution in [0.1, 0.15) is 30.2 Å². The molecule has 0 aliphatic heterocycles. The summed E-state index contributed by atoms with van der Waals surface area (Å²) in [6.45, 7) is 6.54. The quantitative estimate of drug-likeness (QED) is 0.654. The first-order chi connectivity index (χ1) is 12.6. The van der Waals surface area contributed by atoms with Crippen molar-refractivity contribution in [1.29, 1.82) is 0 Å². The number of pyridine rings is 1. The van der Waals surface area contributed by atoms with Gasteiger partial charge in [-0.15, -0.1) is 0 Å². The number of fused-ring (bicyclic) bond motifs is 1. The molecule has 0 radical (unpaired) electrons. The second-order valence-electron chi connectivity index (χ2n) is 6.58. The van der Waals surface area contributed by atoms with E-state index in [9.17, 15) is 4.79 Å². The van der Waals surface area contributed by atoms with Crippen LogP contribution in [0.4, 0.5) is 0 Å². The number of benzene rings is 1. The molecule has 0 fully saturated rings. The van der Waals surface area contributed by atoms with E-state index in [0.29, 0.717) is 12.2 Å². The third kappa shape index (κ3) is 4.29. The van der Waals surface area contributed by atoms with E-state index in [1.165, 1.54) is 5.56 Å². The van der Waals surface area contributed by atoms with Crippen molar-refractivity contribution in [1.82, 2.24) is 14.3 Å². The van der Waals surface area contributed by atoms with Crippen LogP contribution in [0.2, 0.25) is 0 Å². The van der Waals surface area contributed by atoms with Crippen molar-refractivity contribution in [3.05, 3.63) is 75.8 Å². The molecule has 0 amide bonds. The molecule has 2 aromatic heterocycles. The maximum Gasteiger partial charge on any atom is 0.258 e. The van der Waals surface area contributed by atoms with Gasteiger partial charge in [-0.2, -0.15) is 0 Å². The molecule has 5 nitrogen and oxygen atoms in total. The molecule has 5 heteroatoms. The second-order valence-corrected chi connectivity index (χ2v) is 6.58. The highest BCUT2D eigenvalue weighted by Crippen LogP contribution is 2.14. The minimum absolute atomic E-state index is 0.0328. The Morgan fingerprint density at radius 3 is 2.58 bits per heavy atom. The van der Waals surface area contributed by atoms with Gasteiger partial charge in [0.25, 0.3) is 5.56 Å². The molecule has 0 atom stereocenters. The van der Waals surface area contributed by atoms with Gasteiger partial charge in [0.1, 0.15) is 11.4 Å². The Morgan fingerprint density at radius 2 is 1.88 bits per heavy atom. The normalized spacial score (nSPS) is 11.2. The standard InChI is InChI=1S/C21H25N3O2/c1-4-11-23(14-17-6-8-19(26-3)9-7-17)15-18-12-21(25)24-13-16(2)5-10-20(24)22-18/h5-10,12-13H,4,11,14-15H2,1-3H3. The Kier molecular flexibility index (Phi) is 5.68. The van der Waals surface area contributed by atoms with Gasteiger partial charge in [0.05, 0.1) is 12.8 Å². The van der Waals surface area contributed by atoms with Crippen LogP contribution in [0.15, 0.2) is 53.5 Å². The summed E-state index contributed by atoms with van der Waals surface area (Å²) in [5, 5.41) is 0. The Labute approximate surface area is 153 Å². The number of hydrogen-bond acceptors (Lipinski definition) is 4. The zero-order valence-corrected chi connectivity index (χ0v) is 15.6. The van der Waals surface area contributed by atoms with Gasteiger partial charge in [0.15, 0.2) is 0 Å². The second kappa shape index (κ2) is 8.15. The van der Waals surface area contributed by atoms with E-state index >= 15 is 0 Å². The summed E-state index contributed by atoms with van der Waals surface area (Å²) in [7, 11) is 1.67. The highest BCUT2D eigenvalue weighted by Gasteiger charge is 2.10. The first kappa shape index (κ1) is 18.1. The van der Waals surface area contributed by atoms with Crippen molar-refractivity contribution in [3.63, 3.8) is 0 Å². The number of aryl methyl sites for hydroxylation is 1. The third-order valence-electron chi connectivity index (χ3n) is 4.35. The van der Waals surface area contributed by atoms with Gasteiger partial charge < -0.3 is 4.74 Å². The number of ether oxygens (including phenoxy) is 1. The van der Waals surface area contributed by atoms with Gasteiger partial charge in [0, 0.05) is 25.4 Å². The molecule has 0 saturated carbocycles. The molecular formula is C21H25N3O2. The van der Waals surface area contributed by atoms with Crippen molar-refractivity contribution < 1.29 is 4.74 Å². The van der Waals surface area contributed by atoms with Gasteiger partial charge in [-0.25, -0.2) is 4.98 Å². The van der Waals surface area contributed by atoms with Crippen LogP contribution >= 0.6 is 0 Å². The van der Waals surface area contributed by atoms with Gasteiger partial charge in [0.2, 0.25) is 0 Å². The molecule has 3 aromatic rings. The summed E-state index contributed by atoms with van der Waals surface area (Å²) in [6.07, 6.45) is 2.87. The van der Waals surface area contributed by atoms with Crippen molar-refractivity contribution in [2.45, 2.75) is 33.4 Å². The van der Waals surface area contributed by atoms with E-state index in [-0.39, 0.29) is 5.56 Å². The Balaban J connectivity index is 1.81. The highest BCUT2D eigenvalue weighted by molar-refractivity contribution is 5.40. The van der Waals surface area contributed by atoms with Gasteiger partial charge >= 0.3 is 0 Å². The van der Waals surface area contributed by atoms with E-state index in [2.05, 4.69) is 28.9 Å². The predicted molar refractivity (Wildman–Crippen MR) is 104 cm³/mol. The topological polar surface area (TPSA) is 46.8 Å². The average molecular weight is 351 g/mol. The molecule has 0 unspecified atom stereocenters.